The van der Waals surface area contributed by atoms with Crippen molar-refractivity contribution in [2.24, 2.45) is 0 Å². The molecule has 1 N–H and O–H groups in total. The fourth-order valence-electron chi connectivity index (χ4n) is 2.44. The Hall–Kier alpha value is -1.17. The average Bonchev–Trinajstić information content (AvgIpc) is 3.22. The van der Waals surface area contributed by atoms with Gasteiger partial charge in [-0.2, -0.15) is 0 Å². The van der Waals surface area contributed by atoms with Gasteiger partial charge in [-0.25, -0.2) is 4.98 Å². The summed E-state index contributed by atoms with van der Waals surface area (Å²) in [5.74, 6) is 0.720. The maximum Gasteiger partial charge on any atom is 0.192 e. The second-order valence-electron chi connectivity index (χ2n) is 8.26. The second-order valence-corrected chi connectivity index (χ2v) is 13.1. The zero-order valence-corrected chi connectivity index (χ0v) is 15.8. The van der Waals surface area contributed by atoms with Crippen molar-refractivity contribution in [2.45, 2.75) is 63.8 Å². The molecule has 0 saturated heterocycles. The highest BCUT2D eigenvalue weighted by Crippen LogP contribution is 2.40. The van der Waals surface area contributed by atoms with Crippen LogP contribution >= 0.6 is 0 Å². The Labute approximate surface area is 139 Å². The summed E-state index contributed by atoms with van der Waals surface area (Å²) in [6.07, 6.45) is 5.98. The van der Waals surface area contributed by atoms with E-state index in [1.807, 2.05) is 16.7 Å². The lowest BCUT2D eigenvalue weighted by Crippen LogP contribution is -2.41. The van der Waals surface area contributed by atoms with Crippen molar-refractivity contribution < 1.29 is 9.53 Å². The van der Waals surface area contributed by atoms with Crippen molar-refractivity contribution in [3.8, 4) is 0 Å². The fraction of sp³-hybridized carbons (Fsp3) is 0.611. The lowest BCUT2D eigenvalue weighted by molar-refractivity contribution is 0.0974. The Balaban J connectivity index is 1.72. The molecule has 4 nitrogen and oxygen atoms in total. The largest absolute Gasteiger partial charge is 0.414 e. The van der Waals surface area contributed by atoms with Gasteiger partial charge in [-0.3, -0.25) is 0 Å². The minimum Gasteiger partial charge on any atom is -0.414 e. The van der Waals surface area contributed by atoms with E-state index in [1.165, 1.54) is 18.4 Å². The highest BCUT2D eigenvalue weighted by Gasteiger charge is 2.37. The Morgan fingerprint density at radius 1 is 1.30 bits per heavy atom. The summed E-state index contributed by atoms with van der Waals surface area (Å²) in [7, 11) is -1.85. The third kappa shape index (κ3) is 3.52. The highest BCUT2D eigenvalue weighted by molar-refractivity contribution is 6.74. The van der Waals surface area contributed by atoms with E-state index >= 15 is 0 Å². The van der Waals surface area contributed by atoms with Gasteiger partial charge in [0.1, 0.15) is 11.8 Å². The van der Waals surface area contributed by atoms with E-state index < -0.39 is 14.4 Å². The molecular formula is C18H28N2O2Si. The molecule has 0 radical (unpaired) electrons. The number of aliphatic hydroxyl groups excluding tert-OH is 1. The molecule has 1 atom stereocenters. The van der Waals surface area contributed by atoms with E-state index in [0.29, 0.717) is 12.3 Å². The van der Waals surface area contributed by atoms with E-state index in [-0.39, 0.29) is 5.04 Å². The molecule has 1 unspecified atom stereocenters. The van der Waals surface area contributed by atoms with E-state index in [1.54, 1.807) is 0 Å². The monoisotopic (exact) mass is 332 g/mol. The Morgan fingerprint density at radius 2 is 2.00 bits per heavy atom. The first-order valence-corrected chi connectivity index (χ1v) is 11.4. The van der Waals surface area contributed by atoms with Crippen LogP contribution < -0.4 is 0 Å². The second kappa shape index (κ2) is 5.72. The van der Waals surface area contributed by atoms with Crippen LogP contribution in [0.4, 0.5) is 0 Å². The van der Waals surface area contributed by atoms with Gasteiger partial charge in [0.2, 0.25) is 0 Å². The van der Waals surface area contributed by atoms with Crippen LogP contribution in [0.5, 0.6) is 0 Å². The molecule has 1 saturated carbocycles. The number of fused-ring (bicyclic) bond motifs is 1. The Kier molecular flexibility index (Phi) is 4.15. The van der Waals surface area contributed by atoms with Crippen LogP contribution in [0.1, 0.15) is 56.9 Å². The lowest BCUT2D eigenvalue weighted by atomic mass is 10.2. The van der Waals surface area contributed by atoms with Gasteiger partial charge in [-0.15, -0.1) is 0 Å². The van der Waals surface area contributed by atoms with Crippen molar-refractivity contribution in [2.75, 3.05) is 6.61 Å². The van der Waals surface area contributed by atoms with Crippen LogP contribution in [0.15, 0.2) is 24.5 Å². The molecule has 23 heavy (non-hydrogen) atoms. The number of hydrogen-bond acceptors (Lipinski definition) is 3. The molecule has 5 heteroatoms. The molecule has 126 valence electrons. The van der Waals surface area contributed by atoms with Crippen molar-refractivity contribution >= 4 is 14.0 Å². The summed E-state index contributed by atoms with van der Waals surface area (Å²) in [6, 6.07) is 4.20. The summed E-state index contributed by atoms with van der Waals surface area (Å²) in [5.41, 5.74) is 2.95. The highest BCUT2D eigenvalue weighted by atomic mass is 28.4. The molecule has 2 heterocycles. The fourth-order valence-corrected chi connectivity index (χ4v) is 3.44. The zero-order valence-electron chi connectivity index (χ0n) is 14.8. The van der Waals surface area contributed by atoms with Gasteiger partial charge in [0.15, 0.2) is 8.32 Å². The maximum atomic E-state index is 10.5. The first-order valence-electron chi connectivity index (χ1n) is 8.48. The Morgan fingerprint density at radius 3 is 2.61 bits per heavy atom. The van der Waals surface area contributed by atoms with Gasteiger partial charge in [0, 0.05) is 12.4 Å². The average molecular weight is 333 g/mol. The van der Waals surface area contributed by atoms with E-state index in [4.69, 9.17) is 4.43 Å². The predicted molar refractivity (Wildman–Crippen MR) is 95.3 cm³/mol. The van der Waals surface area contributed by atoms with E-state index in [9.17, 15) is 5.11 Å². The third-order valence-corrected chi connectivity index (χ3v) is 9.79. The van der Waals surface area contributed by atoms with Crippen LogP contribution in [0, 0.1) is 0 Å². The first-order chi connectivity index (χ1) is 10.7. The van der Waals surface area contributed by atoms with Gasteiger partial charge < -0.3 is 13.9 Å². The number of pyridine rings is 1. The van der Waals surface area contributed by atoms with Crippen molar-refractivity contribution in [1.29, 1.82) is 0 Å². The molecule has 1 aliphatic rings. The van der Waals surface area contributed by atoms with E-state index in [2.05, 4.69) is 51.1 Å². The lowest BCUT2D eigenvalue weighted by Gasteiger charge is -2.36. The van der Waals surface area contributed by atoms with Gasteiger partial charge >= 0.3 is 0 Å². The summed E-state index contributed by atoms with van der Waals surface area (Å²) in [5, 5.41) is 10.6. The van der Waals surface area contributed by atoms with Crippen LogP contribution in [0.25, 0.3) is 5.65 Å². The summed E-state index contributed by atoms with van der Waals surface area (Å²) in [4.78, 5) is 4.54. The maximum absolute atomic E-state index is 10.5. The van der Waals surface area contributed by atoms with Crippen LogP contribution in [-0.4, -0.2) is 29.4 Å². The van der Waals surface area contributed by atoms with Crippen LogP contribution in [-0.2, 0) is 4.43 Å². The Bertz CT molecular complexity index is 699. The van der Waals surface area contributed by atoms with E-state index in [0.717, 1.165) is 11.6 Å². The van der Waals surface area contributed by atoms with Gasteiger partial charge in [0.05, 0.1) is 12.3 Å². The number of imidazole rings is 1. The third-order valence-electron chi connectivity index (χ3n) is 5.29. The number of nitrogens with zero attached hydrogens (tertiary/aromatic N) is 2. The topological polar surface area (TPSA) is 46.8 Å². The van der Waals surface area contributed by atoms with Crippen LogP contribution in [0.3, 0.4) is 0 Å². The van der Waals surface area contributed by atoms with Crippen molar-refractivity contribution in [3.05, 3.63) is 35.8 Å². The summed E-state index contributed by atoms with van der Waals surface area (Å²) < 4.78 is 8.14. The molecule has 0 aliphatic heterocycles. The summed E-state index contributed by atoms with van der Waals surface area (Å²) in [6.45, 7) is 11.3. The number of aromatic nitrogens is 2. The molecular weight excluding hydrogens is 304 g/mol. The van der Waals surface area contributed by atoms with Crippen molar-refractivity contribution in [3.63, 3.8) is 0 Å². The standard InChI is InChI=1S/C18H28N2O2Si/c1-18(2,3)23(4,5)22-12-16(21)15-11-20-10-14(13-6-7-13)8-9-17(20)19-15/h8-11,13,16,21H,6-7,12H2,1-5H3. The molecule has 0 spiro atoms. The van der Waals surface area contributed by atoms with Crippen molar-refractivity contribution in [1.82, 2.24) is 9.38 Å². The number of hydrogen-bond donors (Lipinski definition) is 1. The molecule has 0 aromatic carbocycles. The van der Waals surface area contributed by atoms with Gasteiger partial charge in [0.25, 0.3) is 0 Å². The van der Waals surface area contributed by atoms with Gasteiger partial charge in [-0.1, -0.05) is 26.8 Å². The number of aliphatic hydroxyl groups is 1. The zero-order chi connectivity index (χ0) is 16.8. The van der Waals surface area contributed by atoms with Crippen LogP contribution in [0.2, 0.25) is 18.1 Å². The molecule has 0 bridgehead atoms. The smallest absolute Gasteiger partial charge is 0.192 e. The minimum atomic E-state index is -1.85. The summed E-state index contributed by atoms with van der Waals surface area (Å²) >= 11 is 0. The molecule has 3 rings (SSSR count). The first kappa shape index (κ1) is 16.7. The molecule has 2 aromatic rings. The normalized spacial score (nSPS) is 17.7. The molecule has 2 aromatic heterocycles. The predicted octanol–water partition coefficient (Wildman–Crippen LogP) is 4.27. The SMILES string of the molecule is CC(C)(C)[Si](C)(C)OCC(O)c1cn2cc(C3CC3)ccc2n1. The number of rotatable bonds is 5. The minimum absolute atomic E-state index is 0.144. The van der Waals surface area contributed by atoms with Gasteiger partial charge in [-0.05, 0) is 48.5 Å². The quantitative estimate of drug-likeness (QED) is 0.832. The molecule has 1 fully saturated rings. The molecule has 1 aliphatic carbocycles. The molecule has 0 amide bonds.